The number of furan rings is 1. The van der Waals surface area contributed by atoms with Crippen LogP contribution in [0.2, 0.25) is 0 Å². The van der Waals surface area contributed by atoms with E-state index in [0.29, 0.717) is 37.6 Å². The molecule has 0 unspecified atom stereocenters. The minimum Gasteiger partial charge on any atom is -0.459 e. The molecule has 1 aliphatic heterocycles. The van der Waals surface area contributed by atoms with E-state index in [0.717, 1.165) is 25.1 Å². The summed E-state index contributed by atoms with van der Waals surface area (Å²) in [5.74, 6) is 0.940. The SMILES string of the molecule is Cc1ccoc1C(=O)NCCCNC(=O)CCC1CCNCC1.Cl. The number of amides is 2. The van der Waals surface area contributed by atoms with E-state index in [2.05, 4.69) is 16.0 Å². The molecular formula is C17H28ClN3O3. The Bertz CT molecular complexity index is 513. The fraction of sp³-hybridized carbons (Fsp3) is 0.647. The number of carbonyl (C=O) groups excluding carboxylic acids is 2. The van der Waals surface area contributed by atoms with Crippen LogP contribution >= 0.6 is 12.4 Å². The van der Waals surface area contributed by atoms with Gasteiger partial charge in [0, 0.05) is 25.1 Å². The molecule has 1 aliphatic rings. The Morgan fingerprint density at radius 3 is 2.62 bits per heavy atom. The first kappa shape index (κ1) is 20.5. The van der Waals surface area contributed by atoms with Gasteiger partial charge in [-0.2, -0.15) is 0 Å². The molecule has 0 aromatic carbocycles. The van der Waals surface area contributed by atoms with E-state index in [4.69, 9.17) is 4.42 Å². The standard InChI is InChI=1S/C17H27N3O3.ClH/c1-13-7-12-23-16(13)17(22)20-9-2-8-19-15(21)4-3-14-5-10-18-11-6-14;/h7,12,14,18H,2-6,8-11H2,1H3,(H,19,21)(H,20,22);1H. The zero-order valence-electron chi connectivity index (χ0n) is 14.2. The van der Waals surface area contributed by atoms with E-state index >= 15 is 0 Å². The molecule has 0 radical (unpaired) electrons. The molecule has 0 atom stereocenters. The third kappa shape index (κ3) is 6.93. The van der Waals surface area contributed by atoms with Crippen molar-refractivity contribution in [1.29, 1.82) is 0 Å². The van der Waals surface area contributed by atoms with Crippen LogP contribution in [0.4, 0.5) is 0 Å². The van der Waals surface area contributed by atoms with Crippen molar-refractivity contribution in [3.05, 3.63) is 23.7 Å². The molecule has 3 N–H and O–H groups in total. The monoisotopic (exact) mass is 357 g/mol. The number of hydrogen-bond acceptors (Lipinski definition) is 4. The second-order valence-electron chi connectivity index (χ2n) is 6.12. The van der Waals surface area contributed by atoms with Crippen molar-refractivity contribution in [3.63, 3.8) is 0 Å². The molecule has 0 aliphatic carbocycles. The highest BCUT2D eigenvalue weighted by Crippen LogP contribution is 2.17. The summed E-state index contributed by atoms with van der Waals surface area (Å²) in [6.07, 6.45) is 6.14. The van der Waals surface area contributed by atoms with E-state index in [1.54, 1.807) is 6.07 Å². The van der Waals surface area contributed by atoms with Gasteiger partial charge in [-0.1, -0.05) is 0 Å². The van der Waals surface area contributed by atoms with Gasteiger partial charge in [-0.05, 0) is 57.7 Å². The summed E-state index contributed by atoms with van der Waals surface area (Å²) in [5, 5.41) is 9.04. The van der Waals surface area contributed by atoms with Gasteiger partial charge in [0.2, 0.25) is 5.91 Å². The largest absolute Gasteiger partial charge is 0.459 e. The maximum atomic E-state index is 11.8. The van der Waals surface area contributed by atoms with Crippen LogP contribution in [0.15, 0.2) is 16.7 Å². The lowest BCUT2D eigenvalue weighted by molar-refractivity contribution is -0.121. The summed E-state index contributed by atoms with van der Waals surface area (Å²) in [6.45, 7) is 5.08. The molecule has 7 heteroatoms. The highest BCUT2D eigenvalue weighted by atomic mass is 35.5. The Hall–Kier alpha value is -1.53. The van der Waals surface area contributed by atoms with Crippen LogP contribution in [0.3, 0.4) is 0 Å². The lowest BCUT2D eigenvalue weighted by Crippen LogP contribution is -2.31. The lowest BCUT2D eigenvalue weighted by atomic mass is 9.93. The van der Waals surface area contributed by atoms with Crippen LogP contribution in [-0.2, 0) is 4.79 Å². The average Bonchev–Trinajstić information content (AvgIpc) is 2.99. The van der Waals surface area contributed by atoms with Crippen molar-refractivity contribution in [3.8, 4) is 0 Å². The van der Waals surface area contributed by atoms with Gasteiger partial charge in [0.1, 0.15) is 0 Å². The molecule has 1 aromatic heterocycles. The molecule has 2 rings (SSSR count). The minimum atomic E-state index is -0.204. The van der Waals surface area contributed by atoms with Gasteiger partial charge in [0.05, 0.1) is 6.26 Å². The average molecular weight is 358 g/mol. The molecule has 2 heterocycles. The van der Waals surface area contributed by atoms with Crippen LogP contribution in [0.5, 0.6) is 0 Å². The van der Waals surface area contributed by atoms with Crippen LogP contribution in [-0.4, -0.2) is 38.0 Å². The van der Waals surface area contributed by atoms with Gasteiger partial charge < -0.3 is 20.4 Å². The number of hydrogen-bond donors (Lipinski definition) is 3. The maximum absolute atomic E-state index is 11.8. The van der Waals surface area contributed by atoms with Gasteiger partial charge in [0.25, 0.3) is 5.91 Å². The second kappa shape index (κ2) is 11.1. The smallest absolute Gasteiger partial charge is 0.287 e. The third-order valence-corrected chi connectivity index (χ3v) is 4.27. The van der Waals surface area contributed by atoms with Gasteiger partial charge in [-0.25, -0.2) is 0 Å². The summed E-state index contributed by atoms with van der Waals surface area (Å²) in [7, 11) is 0. The summed E-state index contributed by atoms with van der Waals surface area (Å²) < 4.78 is 5.12. The first-order valence-corrected chi connectivity index (χ1v) is 8.46. The number of nitrogens with one attached hydrogen (secondary N) is 3. The van der Waals surface area contributed by atoms with E-state index in [9.17, 15) is 9.59 Å². The Morgan fingerprint density at radius 1 is 1.25 bits per heavy atom. The number of aryl methyl sites for hydroxylation is 1. The van der Waals surface area contributed by atoms with E-state index in [1.165, 1.54) is 19.1 Å². The number of halogens is 1. The zero-order chi connectivity index (χ0) is 16.5. The number of piperidine rings is 1. The normalized spacial score (nSPS) is 14.7. The fourth-order valence-corrected chi connectivity index (χ4v) is 2.80. The molecule has 136 valence electrons. The van der Waals surface area contributed by atoms with Crippen molar-refractivity contribution in [1.82, 2.24) is 16.0 Å². The van der Waals surface area contributed by atoms with E-state index < -0.39 is 0 Å². The highest BCUT2D eigenvalue weighted by Gasteiger charge is 2.14. The van der Waals surface area contributed by atoms with E-state index in [1.807, 2.05) is 6.92 Å². The van der Waals surface area contributed by atoms with Crippen LogP contribution in [0.1, 0.15) is 48.2 Å². The van der Waals surface area contributed by atoms with Crippen LogP contribution in [0, 0.1) is 12.8 Å². The van der Waals surface area contributed by atoms with Crippen molar-refractivity contribution < 1.29 is 14.0 Å². The Balaban J connectivity index is 0.00000288. The molecule has 0 spiro atoms. The molecular weight excluding hydrogens is 330 g/mol. The molecule has 1 aromatic rings. The zero-order valence-corrected chi connectivity index (χ0v) is 15.0. The fourth-order valence-electron chi connectivity index (χ4n) is 2.80. The van der Waals surface area contributed by atoms with Crippen molar-refractivity contribution in [2.24, 2.45) is 5.92 Å². The van der Waals surface area contributed by atoms with E-state index in [-0.39, 0.29) is 24.2 Å². The quantitative estimate of drug-likeness (QED) is 0.621. The second-order valence-corrected chi connectivity index (χ2v) is 6.12. The molecule has 6 nitrogen and oxygen atoms in total. The molecule has 0 bridgehead atoms. The lowest BCUT2D eigenvalue weighted by Gasteiger charge is -2.22. The highest BCUT2D eigenvalue weighted by molar-refractivity contribution is 5.92. The van der Waals surface area contributed by atoms with Gasteiger partial charge in [-0.3, -0.25) is 9.59 Å². The number of carbonyl (C=O) groups is 2. The molecule has 24 heavy (non-hydrogen) atoms. The Labute approximate surface area is 149 Å². The molecule has 0 saturated carbocycles. The van der Waals surface area contributed by atoms with Crippen LogP contribution < -0.4 is 16.0 Å². The third-order valence-electron chi connectivity index (χ3n) is 4.27. The first-order valence-electron chi connectivity index (χ1n) is 8.46. The summed E-state index contributed by atoms with van der Waals surface area (Å²) >= 11 is 0. The molecule has 1 fully saturated rings. The van der Waals surface area contributed by atoms with Gasteiger partial charge in [-0.15, -0.1) is 12.4 Å². The van der Waals surface area contributed by atoms with Gasteiger partial charge in [0.15, 0.2) is 5.76 Å². The van der Waals surface area contributed by atoms with Crippen molar-refractivity contribution in [2.45, 2.75) is 39.0 Å². The predicted octanol–water partition coefficient (Wildman–Crippen LogP) is 2.03. The molecule has 2 amide bonds. The topological polar surface area (TPSA) is 83.4 Å². The number of rotatable bonds is 8. The predicted molar refractivity (Wildman–Crippen MR) is 95.5 cm³/mol. The maximum Gasteiger partial charge on any atom is 0.287 e. The minimum absolute atomic E-state index is 0. The van der Waals surface area contributed by atoms with Crippen molar-refractivity contribution in [2.75, 3.05) is 26.2 Å². The summed E-state index contributed by atoms with van der Waals surface area (Å²) in [5.41, 5.74) is 0.828. The van der Waals surface area contributed by atoms with Crippen molar-refractivity contribution >= 4 is 24.2 Å². The van der Waals surface area contributed by atoms with Crippen LogP contribution in [0.25, 0.3) is 0 Å². The van der Waals surface area contributed by atoms with Gasteiger partial charge >= 0.3 is 0 Å². The summed E-state index contributed by atoms with van der Waals surface area (Å²) in [4.78, 5) is 23.6. The molecule has 1 saturated heterocycles. The Morgan fingerprint density at radius 2 is 1.96 bits per heavy atom. The first-order chi connectivity index (χ1) is 11.2. The summed E-state index contributed by atoms with van der Waals surface area (Å²) in [6, 6.07) is 1.76. The Kier molecular flexibility index (Phi) is 9.49.